The van der Waals surface area contributed by atoms with Gasteiger partial charge in [-0.15, -0.1) is 0 Å². The Kier molecular flexibility index (Phi) is 6.84. The minimum atomic E-state index is 0.897. The number of hydrogen-bond donors (Lipinski definition) is 0. The predicted octanol–water partition coefficient (Wildman–Crippen LogP) is 13.2. The van der Waals surface area contributed by atoms with Crippen LogP contribution in [0.1, 0.15) is 0 Å². The van der Waals surface area contributed by atoms with Gasteiger partial charge in [0.15, 0.2) is 0 Å². The summed E-state index contributed by atoms with van der Waals surface area (Å²) in [6, 6.07) is 66.8. The van der Waals surface area contributed by atoms with Gasteiger partial charge in [-0.3, -0.25) is 0 Å². The molecule has 2 nitrogen and oxygen atoms in total. The van der Waals surface area contributed by atoms with E-state index >= 15 is 0 Å². The van der Waals surface area contributed by atoms with Crippen LogP contribution in [0.15, 0.2) is 192 Å². The standard InChI is InChI=1S/C46H31NO/c1-4-13-32(14-5-1)35-17-12-20-39(29-35)47(37-18-8-3-9-19-37)38-26-23-33(24-27-38)36-25-28-45-43(30-36)44-31-42(34-15-6-2-7-16-34)40-21-10-11-22-41(40)46(44)48-45/h1-31H. The molecule has 1 heterocycles. The lowest BCUT2D eigenvalue weighted by Gasteiger charge is -2.26. The van der Waals surface area contributed by atoms with Gasteiger partial charge in [0.05, 0.1) is 0 Å². The summed E-state index contributed by atoms with van der Waals surface area (Å²) >= 11 is 0. The monoisotopic (exact) mass is 613 g/mol. The van der Waals surface area contributed by atoms with Crippen LogP contribution in [0.5, 0.6) is 0 Å². The van der Waals surface area contributed by atoms with E-state index < -0.39 is 0 Å². The first-order valence-electron chi connectivity index (χ1n) is 16.3. The van der Waals surface area contributed by atoms with Crippen molar-refractivity contribution in [2.75, 3.05) is 4.90 Å². The van der Waals surface area contributed by atoms with E-state index in [2.05, 4.69) is 193 Å². The maximum Gasteiger partial charge on any atom is 0.143 e. The Bertz CT molecular complexity index is 2530. The molecule has 0 unspecified atom stereocenters. The molecular weight excluding hydrogens is 583 g/mol. The average molecular weight is 614 g/mol. The van der Waals surface area contributed by atoms with Crippen molar-refractivity contribution in [3.05, 3.63) is 188 Å². The third kappa shape index (κ3) is 4.92. The number of benzene rings is 8. The van der Waals surface area contributed by atoms with Crippen molar-refractivity contribution in [1.82, 2.24) is 0 Å². The Morgan fingerprint density at radius 2 is 0.854 bits per heavy atom. The quantitative estimate of drug-likeness (QED) is 0.185. The summed E-state index contributed by atoms with van der Waals surface area (Å²) in [5.74, 6) is 0. The second-order valence-corrected chi connectivity index (χ2v) is 12.2. The zero-order valence-electron chi connectivity index (χ0n) is 26.3. The minimum absolute atomic E-state index is 0.897. The number of rotatable bonds is 6. The van der Waals surface area contributed by atoms with Crippen molar-refractivity contribution < 1.29 is 4.42 Å². The molecule has 9 aromatic rings. The topological polar surface area (TPSA) is 16.4 Å². The van der Waals surface area contributed by atoms with E-state index in [0.29, 0.717) is 0 Å². The highest BCUT2D eigenvalue weighted by Crippen LogP contribution is 2.42. The summed E-state index contributed by atoms with van der Waals surface area (Å²) in [7, 11) is 0. The summed E-state index contributed by atoms with van der Waals surface area (Å²) in [5.41, 5.74) is 12.3. The normalized spacial score (nSPS) is 11.3. The van der Waals surface area contributed by atoms with Crippen molar-refractivity contribution in [3.63, 3.8) is 0 Å². The second-order valence-electron chi connectivity index (χ2n) is 12.2. The van der Waals surface area contributed by atoms with Crippen LogP contribution >= 0.6 is 0 Å². The summed E-state index contributed by atoms with van der Waals surface area (Å²) in [5, 5.41) is 4.59. The Balaban J connectivity index is 1.13. The number of nitrogens with zero attached hydrogens (tertiary/aromatic N) is 1. The number of fused-ring (bicyclic) bond motifs is 5. The molecule has 0 atom stereocenters. The number of anilines is 3. The predicted molar refractivity (Wildman–Crippen MR) is 202 cm³/mol. The van der Waals surface area contributed by atoms with Gasteiger partial charge in [-0.2, -0.15) is 0 Å². The molecule has 0 N–H and O–H groups in total. The van der Waals surface area contributed by atoms with E-state index in [9.17, 15) is 0 Å². The zero-order chi connectivity index (χ0) is 31.9. The molecule has 0 radical (unpaired) electrons. The van der Waals surface area contributed by atoms with Crippen LogP contribution in [-0.4, -0.2) is 0 Å². The highest BCUT2D eigenvalue weighted by atomic mass is 16.3. The van der Waals surface area contributed by atoms with Crippen LogP contribution in [-0.2, 0) is 0 Å². The molecule has 0 bridgehead atoms. The first kappa shape index (κ1) is 27.9. The SMILES string of the molecule is c1ccc(-c2cccc(N(c3ccccc3)c3ccc(-c4ccc5oc6c7ccccc7c(-c7ccccc7)cc6c5c4)cc3)c2)cc1. The highest BCUT2D eigenvalue weighted by Gasteiger charge is 2.17. The van der Waals surface area contributed by atoms with Gasteiger partial charge in [-0.05, 0) is 93.4 Å². The van der Waals surface area contributed by atoms with E-state index in [0.717, 1.165) is 55.5 Å². The lowest BCUT2D eigenvalue weighted by atomic mass is 9.95. The van der Waals surface area contributed by atoms with Gasteiger partial charge in [0.1, 0.15) is 11.2 Å². The van der Waals surface area contributed by atoms with Crippen LogP contribution < -0.4 is 4.90 Å². The molecule has 2 heteroatoms. The van der Waals surface area contributed by atoms with Crippen LogP contribution in [0.2, 0.25) is 0 Å². The van der Waals surface area contributed by atoms with Gasteiger partial charge in [0.2, 0.25) is 0 Å². The van der Waals surface area contributed by atoms with Gasteiger partial charge >= 0.3 is 0 Å². The molecule has 1 aromatic heterocycles. The Morgan fingerprint density at radius 1 is 0.312 bits per heavy atom. The molecule has 0 aliphatic rings. The van der Waals surface area contributed by atoms with Crippen LogP contribution in [0.25, 0.3) is 66.1 Å². The Labute approximate surface area is 279 Å². The van der Waals surface area contributed by atoms with Gasteiger partial charge in [-0.1, -0.05) is 133 Å². The molecule has 0 saturated heterocycles. The molecule has 0 aliphatic carbocycles. The summed E-state index contributed by atoms with van der Waals surface area (Å²) in [6.07, 6.45) is 0. The van der Waals surface area contributed by atoms with Crippen LogP contribution in [0.3, 0.4) is 0 Å². The lowest BCUT2D eigenvalue weighted by Crippen LogP contribution is -2.09. The Morgan fingerprint density at radius 3 is 1.60 bits per heavy atom. The van der Waals surface area contributed by atoms with E-state index in [4.69, 9.17) is 4.42 Å². The molecule has 0 spiro atoms. The highest BCUT2D eigenvalue weighted by molar-refractivity contribution is 6.19. The molecule has 48 heavy (non-hydrogen) atoms. The first-order chi connectivity index (χ1) is 23.8. The maximum atomic E-state index is 6.53. The smallest absolute Gasteiger partial charge is 0.143 e. The van der Waals surface area contributed by atoms with Crippen molar-refractivity contribution in [1.29, 1.82) is 0 Å². The maximum absolute atomic E-state index is 6.53. The van der Waals surface area contributed by atoms with E-state index in [1.807, 2.05) is 0 Å². The molecule has 0 aliphatic heterocycles. The van der Waals surface area contributed by atoms with E-state index in [1.165, 1.54) is 27.6 Å². The second kappa shape index (κ2) is 11.8. The number of para-hydroxylation sites is 1. The van der Waals surface area contributed by atoms with Gasteiger partial charge in [0, 0.05) is 33.2 Å². The van der Waals surface area contributed by atoms with Gasteiger partial charge < -0.3 is 9.32 Å². The van der Waals surface area contributed by atoms with E-state index in [1.54, 1.807) is 0 Å². The third-order valence-electron chi connectivity index (χ3n) is 9.25. The largest absolute Gasteiger partial charge is 0.455 e. The molecular formula is C46H31NO. The Hall–Kier alpha value is -6.38. The number of hydrogen-bond acceptors (Lipinski definition) is 2. The van der Waals surface area contributed by atoms with Crippen molar-refractivity contribution in [3.8, 4) is 33.4 Å². The third-order valence-corrected chi connectivity index (χ3v) is 9.25. The molecule has 9 rings (SSSR count). The molecule has 226 valence electrons. The minimum Gasteiger partial charge on any atom is -0.455 e. The molecule has 0 saturated carbocycles. The van der Waals surface area contributed by atoms with Crippen LogP contribution in [0.4, 0.5) is 17.1 Å². The molecule has 8 aromatic carbocycles. The zero-order valence-corrected chi connectivity index (χ0v) is 26.3. The summed E-state index contributed by atoms with van der Waals surface area (Å²) in [4.78, 5) is 2.32. The van der Waals surface area contributed by atoms with Crippen molar-refractivity contribution in [2.45, 2.75) is 0 Å². The fourth-order valence-corrected chi connectivity index (χ4v) is 6.92. The number of furan rings is 1. The lowest BCUT2D eigenvalue weighted by molar-refractivity contribution is 0.673. The van der Waals surface area contributed by atoms with Gasteiger partial charge in [-0.25, -0.2) is 0 Å². The van der Waals surface area contributed by atoms with Crippen LogP contribution in [0, 0.1) is 0 Å². The molecule has 0 fully saturated rings. The fourth-order valence-electron chi connectivity index (χ4n) is 6.92. The first-order valence-corrected chi connectivity index (χ1v) is 16.3. The van der Waals surface area contributed by atoms with Crippen molar-refractivity contribution >= 4 is 49.8 Å². The molecule has 0 amide bonds. The van der Waals surface area contributed by atoms with Gasteiger partial charge in [0.25, 0.3) is 0 Å². The van der Waals surface area contributed by atoms with E-state index in [-0.39, 0.29) is 0 Å². The van der Waals surface area contributed by atoms with Crippen molar-refractivity contribution in [2.24, 2.45) is 0 Å². The average Bonchev–Trinajstić information content (AvgIpc) is 3.54. The fraction of sp³-hybridized carbons (Fsp3) is 0. The summed E-state index contributed by atoms with van der Waals surface area (Å²) < 4.78 is 6.53. The summed E-state index contributed by atoms with van der Waals surface area (Å²) in [6.45, 7) is 0.